The van der Waals surface area contributed by atoms with Gasteiger partial charge >= 0.3 is 0 Å². The molecule has 0 aliphatic heterocycles. The predicted octanol–water partition coefficient (Wildman–Crippen LogP) is 1.84. The number of quaternary nitrogens is 1. The summed E-state index contributed by atoms with van der Waals surface area (Å²) in [5.74, 6) is 0. The largest absolute Gasteiger partial charge is 0.341 e. The molecule has 0 bridgehead atoms. The highest BCUT2D eigenvalue weighted by Gasteiger charge is 2.16. The summed E-state index contributed by atoms with van der Waals surface area (Å²) in [6.07, 6.45) is 0. The van der Waals surface area contributed by atoms with Gasteiger partial charge in [0.15, 0.2) is 0 Å². The first kappa shape index (κ1) is 11.4. The molecule has 0 aromatic carbocycles. The zero-order chi connectivity index (χ0) is 9.61. The summed E-state index contributed by atoms with van der Waals surface area (Å²) in [6.45, 7) is 11.0. The van der Waals surface area contributed by atoms with Crippen LogP contribution in [-0.2, 0) is 4.84 Å². The Kier molecular flexibility index (Phi) is 4.90. The lowest BCUT2D eigenvalue weighted by atomic mass is 10.5. The van der Waals surface area contributed by atoms with Crippen molar-refractivity contribution < 1.29 is 9.32 Å². The lowest BCUT2D eigenvalue weighted by Gasteiger charge is -2.29. The number of nitrogens with zero attached hydrogens (tertiary/aromatic N) is 2. The zero-order valence-electron chi connectivity index (χ0n) is 8.92. The summed E-state index contributed by atoms with van der Waals surface area (Å²) >= 11 is 0. The van der Waals surface area contributed by atoms with Crippen LogP contribution in [-0.4, -0.2) is 37.1 Å². The molecule has 0 unspecified atom stereocenters. The van der Waals surface area contributed by atoms with Crippen molar-refractivity contribution in [2.75, 3.05) is 26.9 Å². The van der Waals surface area contributed by atoms with Crippen LogP contribution in [0.25, 0.3) is 0 Å². The van der Waals surface area contributed by atoms with E-state index in [9.17, 15) is 0 Å². The summed E-state index contributed by atoms with van der Waals surface area (Å²) in [6, 6.07) is 0. The molecule has 0 rings (SSSR count). The van der Waals surface area contributed by atoms with Crippen LogP contribution in [0.3, 0.4) is 0 Å². The van der Waals surface area contributed by atoms with Crippen LogP contribution in [0.1, 0.15) is 27.7 Å². The van der Waals surface area contributed by atoms with E-state index in [2.05, 4.69) is 26.1 Å². The van der Waals surface area contributed by atoms with Gasteiger partial charge in [0.25, 0.3) is 0 Å². The van der Waals surface area contributed by atoms with Gasteiger partial charge in [0.2, 0.25) is 6.73 Å². The second-order valence-corrected chi connectivity index (χ2v) is 3.55. The Balaban J connectivity index is 3.81. The molecule has 0 spiro atoms. The van der Waals surface area contributed by atoms with Gasteiger partial charge in [-0.05, 0) is 27.7 Å². The van der Waals surface area contributed by atoms with Gasteiger partial charge in [-0.15, -0.1) is 0 Å². The lowest BCUT2D eigenvalue weighted by molar-refractivity contribution is -0.925. The molecular weight excluding hydrogens is 152 g/mol. The van der Waals surface area contributed by atoms with Gasteiger partial charge in [0.05, 0.1) is 25.8 Å². The van der Waals surface area contributed by atoms with Crippen molar-refractivity contribution in [1.82, 2.24) is 0 Å². The summed E-state index contributed by atoms with van der Waals surface area (Å²) in [5, 5.41) is 3.91. The quantitative estimate of drug-likeness (QED) is 0.269. The Bertz CT molecular complexity index is 147. The minimum absolute atomic E-state index is 0.665. The number of hydrogen-bond acceptors (Lipinski definition) is 2. The van der Waals surface area contributed by atoms with E-state index in [4.69, 9.17) is 4.84 Å². The second-order valence-electron chi connectivity index (χ2n) is 3.55. The molecular formula is C9H21N2O+. The molecule has 12 heavy (non-hydrogen) atoms. The third kappa shape index (κ3) is 4.34. The van der Waals surface area contributed by atoms with Crippen molar-refractivity contribution >= 4 is 5.71 Å². The van der Waals surface area contributed by atoms with E-state index in [1.54, 1.807) is 0 Å². The van der Waals surface area contributed by atoms with E-state index in [0.717, 1.165) is 23.3 Å². The Labute approximate surface area is 75.6 Å². The highest BCUT2D eigenvalue weighted by molar-refractivity contribution is 5.78. The van der Waals surface area contributed by atoms with Crippen molar-refractivity contribution in [1.29, 1.82) is 0 Å². The van der Waals surface area contributed by atoms with Gasteiger partial charge in [0.1, 0.15) is 0 Å². The molecule has 0 radical (unpaired) electrons. The summed E-state index contributed by atoms with van der Waals surface area (Å²) < 4.78 is 0.913. The summed E-state index contributed by atoms with van der Waals surface area (Å²) in [5.41, 5.74) is 0.966. The molecule has 0 amide bonds. The minimum atomic E-state index is 0.665. The van der Waals surface area contributed by atoms with Gasteiger partial charge in [0, 0.05) is 0 Å². The Hall–Kier alpha value is -0.570. The van der Waals surface area contributed by atoms with E-state index in [0.29, 0.717) is 6.73 Å². The number of oxime groups is 1. The molecule has 0 heterocycles. The normalized spacial score (nSPS) is 11.1. The minimum Gasteiger partial charge on any atom is -0.341 e. The number of hydrogen-bond donors (Lipinski definition) is 0. The van der Waals surface area contributed by atoms with Crippen molar-refractivity contribution in [3.63, 3.8) is 0 Å². The van der Waals surface area contributed by atoms with Crippen molar-refractivity contribution in [3.05, 3.63) is 0 Å². The second kappa shape index (κ2) is 5.14. The van der Waals surface area contributed by atoms with Gasteiger partial charge < -0.3 is 4.84 Å². The topological polar surface area (TPSA) is 21.6 Å². The molecule has 0 saturated heterocycles. The Morgan fingerprint density at radius 1 is 1.25 bits per heavy atom. The number of rotatable bonds is 5. The van der Waals surface area contributed by atoms with Crippen LogP contribution in [0.5, 0.6) is 0 Å². The molecule has 0 aliphatic carbocycles. The molecule has 0 aliphatic rings. The van der Waals surface area contributed by atoms with Crippen LogP contribution in [0, 0.1) is 0 Å². The lowest BCUT2D eigenvalue weighted by Crippen LogP contribution is -2.44. The fraction of sp³-hybridized carbons (Fsp3) is 0.889. The first-order valence-corrected chi connectivity index (χ1v) is 4.50. The van der Waals surface area contributed by atoms with E-state index in [1.165, 1.54) is 0 Å². The standard InChI is InChI=1S/C9H21N2O/c1-6-11(5,7-2)8-12-10-9(3)4/h6-8H2,1-5H3/q+1. The van der Waals surface area contributed by atoms with E-state index < -0.39 is 0 Å². The fourth-order valence-electron chi connectivity index (χ4n) is 0.704. The average Bonchev–Trinajstić information content (AvgIpc) is 2.03. The third-order valence-electron chi connectivity index (χ3n) is 2.14. The summed E-state index contributed by atoms with van der Waals surface area (Å²) in [7, 11) is 2.17. The van der Waals surface area contributed by atoms with Crippen molar-refractivity contribution in [2.45, 2.75) is 27.7 Å². The first-order valence-electron chi connectivity index (χ1n) is 4.50. The molecule has 3 heteroatoms. The van der Waals surface area contributed by atoms with Crippen LogP contribution in [0.15, 0.2) is 5.16 Å². The van der Waals surface area contributed by atoms with Gasteiger partial charge in [-0.2, -0.15) is 0 Å². The fourth-order valence-corrected chi connectivity index (χ4v) is 0.704. The van der Waals surface area contributed by atoms with Crippen molar-refractivity contribution in [3.8, 4) is 0 Å². The Morgan fingerprint density at radius 3 is 2.08 bits per heavy atom. The van der Waals surface area contributed by atoms with Crippen molar-refractivity contribution in [2.24, 2.45) is 5.16 Å². The average molecular weight is 173 g/mol. The van der Waals surface area contributed by atoms with Crippen LogP contribution in [0.2, 0.25) is 0 Å². The van der Waals surface area contributed by atoms with E-state index in [1.807, 2.05) is 13.8 Å². The van der Waals surface area contributed by atoms with Crippen LogP contribution < -0.4 is 0 Å². The maximum Gasteiger partial charge on any atom is 0.248 e. The van der Waals surface area contributed by atoms with E-state index >= 15 is 0 Å². The molecule has 0 fully saturated rings. The highest BCUT2D eigenvalue weighted by atomic mass is 16.6. The molecule has 0 atom stereocenters. The van der Waals surface area contributed by atoms with Gasteiger partial charge in [-0.25, -0.2) is 0 Å². The van der Waals surface area contributed by atoms with Crippen LogP contribution in [0.4, 0.5) is 0 Å². The van der Waals surface area contributed by atoms with Gasteiger partial charge in [-0.3, -0.25) is 4.48 Å². The molecule has 0 aromatic rings. The van der Waals surface area contributed by atoms with E-state index in [-0.39, 0.29) is 0 Å². The monoisotopic (exact) mass is 173 g/mol. The molecule has 0 saturated carbocycles. The molecule has 0 N–H and O–H groups in total. The molecule has 3 nitrogen and oxygen atoms in total. The van der Waals surface area contributed by atoms with Gasteiger partial charge in [-0.1, -0.05) is 5.16 Å². The zero-order valence-corrected chi connectivity index (χ0v) is 8.92. The molecule has 72 valence electrons. The maximum atomic E-state index is 5.20. The SMILES string of the molecule is CC[N+](C)(CC)CON=C(C)C. The third-order valence-corrected chi connectivity index (χ3v) is 2.14. The summed E-state index contributed by atoms with van der Waals surface area (Å²) in [4.78, 5) is 5.20. The maximum absolute atomic E-state index is 5.20. The smallest absolute Gasteiger partial charge is 0.248 e. The van der Waals surface area contributed by atoms with Crippen LogP contribution >= 0.6 is 0 Å². The molecule has 0 aromatic heterocycles. The predicted molar refractivity (Wildman–Crippen MR) is 52.0 cm³/mol. The highest BCUT2D eigenvalue weighted by Crippen LogP contribution is 2.01. The first-order chi connectivity index (χ1) is 5.54. The Morgan fingerprint density at radius 2 is 1.75 bits per heavy atom.